The highest BCUT2D eigenvalue weighted by Crippen LogP contribution is 2.28. The van der Waals surface area contributed by atoms with Crippen LogP contribution in [0.15, 0.2) is 24.3 Å². The molecule has 0 radical (unpaired) electrons. The third-order valence-corrected chi connectivity index (χ3v) is 4.85. The Morgan fingerprint density at radius 2 is 2.00 bits per heavy atom. The lowest BCUT2D eigenvalue weighted by Gasteiger charge is -2.25. The van der Waals surface area contributed by atoms with E-state index in [9.17, 15) is 4.39 Å². The number of hydrogen-bond donors (Lipinski definition) is 1. The van der Waals surface area contributed by atoms with Gasteiger partial charge >= 0.3 is 0 Å². The molecule has 0 spiro atoms. The fraction of sp³-hybridized carbons (Fsp3) is 0.625. The van der Waals surface area contributed by atoms with Gasteiger partial charge in [0.1, 0.15) is 5.82 Å². The minimum atomic E-state index is -0.165. The zero-order valence-electron chi connectivity index (χ0n) is 12.2. The van der Waals surface area contributed by atoms with Gasteiger partial charge in [-0.25, -0.2) is 4.39 Å². The van der Waals surface area contributed by atoms with Crippen LogP contribution in [-0.4, -0.2) is 55.1 Å². The molecule has 2 heterocycles. The lowest BCUT2D eigenvalue weighted by atomic mass is 10.1. The van der Waals surface area contributed by atoms with Crippen LogP contribution >= 0.6 is 0 Å². The predicted octanol–water partition coefficient (Wildman–Crippen LogP) is 2.41. The van der Waals surface area contributed by atoms with Crippen LogP contribution in [0.4, 0.5) is 10.1 Å². The van der Waals surface area contributed by atoms with Crippen LogP contribution in [0.5, 0.6) is 0 Å². The van der Waals surface area contributed by atoms with E-state index < -0.39 is 0 Å². The monoisotopic (exact) mass is 277 g/mol. The SMILES string of the molecule is CN1C2CCC1CN(CCNc1ccccc1F)CC2. The van der Waals surface area contributed by atoms with Crippen molar-refractivity contribution in [3.8, 4) is 0 Å². The first kappa shape index (κ1) is 13.8. The van der Waals surface area contributed by atoms with Crippen LogP contribution in [0.25, 0.3) is 0 Å². The van der Waals surface area contributed by atoms with Crippen molar-refractivity contribution in [3.63, 3.8) is 0 Å². The topological polar surface area (TPSA) is 18.5 Å². The Balaban J connectivity index is 1.48. The van der Waals surface area contributed by atoms with Gasteiger partial charge in [0.2, 0.25) is 0 Å². The van der Waals surface area contributed by atoms with E-state index in [1.54, 1.807) is 12.1 Å². The third kappa shape index (κ3) is 2.96. The molecule has 2 aliphatic rings. The maximum absolute atomic E-state index is 13.5. The molecule has 2 aliphatic heterocycles. The van der Waals surface area contributed by atoms with Gasteiger partial charge in [0, 0.05) is 31.7 Å². The second-order valence-electron chi connectivity index (χ2n) is 6.05. The molecule has 3 rings (SSSR count). The summed E-state index contributed by atoms with van der Waals surface area (Å²) >= 11 is 0. The van der Waals surface area contributed by atoms with Gasteiger partial charge in [-0.2, -0.15) is 0 Å². The minimum Gasteiger partial charge on any atom is -0.381 e. The summed E-state index contributed by atoms with van der Waals surface area (Å²) in [5.74, 6) is -0.165. The second-order valence-corrected chi connectivity index (χ2v) is 6.05. The van der Waals surface area contributed by atoms with Crippen molar-refractivity contribution in [2.75, 3.05) is 38.5 Å². The second kappa shape index (κ2) is 6.10. The van der Waals surface area contributed by atoms with Gasteiger partial charge in [-0.15, -0.1) is 0 Å². The van der Waals surface area contributed by atoms with E-state index in [1.165, 1.54) is 31.9 Å². The van der Waals surface area contributed by atoms with E-state index in [0.717, 1.165) is 31.7 Å². The third-order valence-electron chi connectivity index (χ3n) is 4.85. The summed E-state index contributed by atoms with van der Waals surface area (Å²) in [5.41, 5.74) is 0.612. The normalized spacial score (nSPS) is 27.5. The molecule has 2 atom stereocenters. The number of nitrogens with one attached hydrogen (secondary N) is 1. The summed E-state index contributed by atoms with van der Waals surface area (Å²) < 4.78 is 13.5. The number of fused-ring (bicyclic) bond motifs is 2. The summed E-state index contributed by atoms with van der Waals surface area (Å²) in [4.78, 5) is 5.08. The van der Waals surface area contributed by atoms with E-state index in [1.807, 2.05) is 6.07 Å². The van der Waals surface area contributed by atoms with Gasteiger partial charge in [0.05, 0.1) is 5.69 Å². The van der Waals surface area contributed by atoms with Crippen LogP contribution in [0.1, 0.15) is 19.3 Å². The molecule has 0 amide bonds. The van der Waals surface area contributed by atoms with E-state index >= 15 is 0 Å². The number of halogens is 1. The highest BCUT2D eigenvalue weighted by Gasteiger charge is 2.34. The molecule has 1 aromatic rings. The van der Waals surface area contributed by atoms with E-state index in [0.29, 0.717) is 5.69 Å². The molecule has 4 heteroatoms. The molecule has 2 fully saturated rings. The number of rotatable bonds is 4. The largest absolute Gasteiger partial charge is 0.381 e. The molecule has 0 aromatic heterocycles. The molecule has 2 saturated heterocycles. The lowest BCUT2D eigenvalue weighted by Crippen LogP contribution is -2.38. The number of benzene rings is 1. The molecule has 3 nitrogen and oxygen atoms in total. The van der Waals surface area contributed by atoms with Crippen molar-refractivity contribution in [2.45, 2.75) is 31.3 Å². The first-order valence-electron chi connectivity index (χ1n) is 7.67. The molecule has 20 heavy (non-hydrogen) atoms. The molecule has 110 valence electrons. The predicted molar refractivity (Wildman–Crippen MR) is 80.5 cm³/mol. The lowest BCUT2D eigenvalue weighted by molar-refractivity contribution is 0.223. The zero-order chi connectivity index (χ0) is 13.9. The van der Waals surface area contributed by atoms with Gasteiger partial charge in [-0.1, -0.05) is 12.1 Å². The first-order valence-corrected chi connectivity index (χ1v) is 7.67. The van der Waals surface area contributed by atoms with Crippen molar-refractivity contribution in [1.29, 1.82) is 0 Å². The fourth-order valence-electron chi connectivity index (χ4n) is 3.54. The van der Waals surface area contributed by atoms with Gasteiger partial charge in [0.25, 0.3) is 0 Å². The quantitative estimate of drug-likeness (QED) is 0.912. The van der Waals surface area contributed by atoms with Crippen LogP contribution < -0.4 is 5.32 Å². The highest BCUT2D eigenvalue weighted by atomic mass is 19.1. The van der Waals surface area contributed by atoms with Crippen LogP contribution in [-0.2, 0) is 0 Å². The number of hydrogen-bond acceptors (Lipinski definition) is 3. The first-order chi connectivity index (χ1) is 9.74. The van der Waals surface area contributed by atoms with Crippen LogP contribution in [0.2, 0.25) is 0 Å². The Hall–Kier alpha value is -1.13. The number of likely N-dealkylation sites (N-methyl/N-ethyl adjacent to an activating group) is 1. The Morgan fingerprint density at radius 1 is 1.20 bits per heavy atom. The minimum absolute atomic E-state index is 0.165. The van der Waals surface area contributed by atoms with Crippen molar-refractivity contribution >= 4 is 5.69 Å². The number of nitrogens with zero attached hydrogens (tertiary/aromatic N) is 2. The summed E-state index contributed by atoms with van der Waals surface area (Å²) in [6.07, 6.45) is 3.97. The van der Waals surface area contributed by atoms with E-state index in [-0.39, 0.29) is 5.82 Å². The summed E-state index contributed by atoms with van der Waals surface area (Å²) in [7, 11) is 2.27. The molecule has 2 bridgehead atoms. The molecular formula is C16H24FN3. The van der Waals surface area contributed by atoms with Gasteiger partial charge in [-0.05, 0) is 45.0 Å². The Morgan fingerprint density at radius 3 is 2.85 bits per heavy atom. The maximum atomic E-state index is 13.5. The molecule has 2 unspecified atom stereocenters. The summed E-state index contributed by atoms with van der Waals surface area (Å²) in [6.45, 7) is 4.13. The number of anilines is 1. The van der Waals surface area contributed by atoms with Gasteiger partial charge in [-0.3, -0.25) is 9.80 Å². The molecule has 0 aliphatic carbocycles. The maximum Gasteiger partial charge on any atom is 0.146 e. The molecule has 1 aromatic carbocycles. The van der Waals surface area contributed by atoms with Crippen molar-refractivity contribution in [2.24, 2.45) is 0 Å². The number of para-hydroxylation sites is 1. The summed E-state index contributed by atoms with van der Waals surface area (Å²) in [5, 5.41) is 3.21. The average Bonchev–Trinajstić information content (AvgIpc) is 2.68. The zero-order valence-corrected chi connectivity index (χ0v) is 12.2. The standard InChI is InChI=1S/C16H24FN3/c1-19-13-6-7-14(19)12-20(10-8-13)11-9-18-16-5-3-2-4-15(16)17/h2-5,13-14,18H,6-12H2,1H3. The fourth-order valence-corrected chi connectivity index (χ4v) is 3.54. The van der Waals surface area contributed by atoms with E-state index in [2.05, 4.69) is 22.2 Å². The van der Waals surface area contributed by atoms with Crippen LogP contribution in [0.3, 0.4) is 0 Å². The molecule has 1 N–H and O–H groups in total. The number of likely N-dealkylation sites (tertiary alicyclic amines) is 1. The molecule has 0 saturated carbocycles. The van der Waals surface area contributed by atoms with Crippen molar-refractivity contribution in [3.05, 3.63) is 30.1 Å². The van der Waals surface area contributed by atoms with Crippen LogP contribution in [0, 0.1) is 5.82 Å². The Bertz CT molecular complexity index is 451. The smallest absolute Gasteiger partial charge is 0.146 e. The average molecular weight is 277 g/mol. The van der Waals surface area contributed by atoms with E-state index in [4.69, 9.17) is 0 Å². The van der Waals surface area contributed by atoms with Gasteiger partial charge < -0.3 is 5.32 Å². The highest BCUT2D eigenvalue weighted by molar-refractivity contribution is 5.44. The Kier molecular flexibility index (Phi) is 4.22. The summed E-state index contributed by atoms with van der Waals surface area (Å²) in [6, 6.07) is 8.39. The van der Waals surface area contributed by atoms with Crippen molar-refractivity contribution in [1.82, 2.24) is 9.80 Å². The Labute approximate surface area is 120 Å². The molecular weight excluding hydrogens is 253 g/mol. The van der Waals surface area contributed by atoms with Gasteiger partial charge in [0.15, 0.2) is 0 Å². The van der Waals surface area contributed by atoms with Crippen molar-refractivity contribution < 1.29 is 4.39 Å².